The molecule has 0 atom stereocenters. The lowest BCUT2D eigenvalue weighted by atomic mass is 10.4. The topological polar surface area (TPSA) is 29.9 Å². The van der Waals surface area contributed by atoms with Gasteiger partial charge in [0.25, 0.3) is 0 Å². The zero-order valence-electron chi connectivity index (χ0n) is 7.47. The molecule has 1 aromatic rings. The van der Waals surface area contributed by atoms with Crippen molar-refractivity contribution in [3.8, 4) is 0 Å². The molecule has 0 amide bonds. The van der Waals surface area contributed by atoms with Crippen LogP contribution in [-0.4, -0.2) is 23.4 Å². The van der Waals surface area contributed by atoms with Crippen LogP contribution in [-0.2, 0) is 6.54 Å². The monoisotopic (exact) mass is 231 g/mol. The fourth-order valence-corrected chi connectivity index (χ4v) is 1.40. The predicted octanol–water partition coefficient (Wildman–Crippen LogP) is 1.56. The smallest absolute Gasteiger partial charge is 0.106 e. The minimum Gasteiger partial charge on any atom is -0.320 e. The van der Waals surface area contributed by atoms with Gasteiger partial charge in [-0.1, -0.05) is 0 Å². The summed E-state index contributed by atoms with van der Waals surface area (Å²) < 4.78 is 3.07. The highest BCUT2D eigenvalue weighted by Crippen LogP contribution is 2.14. The van der Waals surface area contributed by atoms with Crippen LogP contribution in [0, 0.1) is 6.92 Å². The van der Waals surface area contributed by atoms with Crippen molar-refractivity contribution >= 4 is 15.9 Å². The van der Waals surface area contributed by atoms with Crippen molar-refractivity contribution in [3.05, 3.63) is 16.4 Å². The Balaban J connectivity index is 2.46. The highest BCUT2D eigenvalue weighted by molar-refractivity contribution is 9.10. The van der Waals surface area contributed by atoms with Crippen molar-refractivity contribution < 1.29 is 0 Å². The van der Waals surface area contributed by atoms with Crippen molar-refractivity contribution in [2.24, 2.45) is 0 Å². The summed E-state index contributed by atoms with van der Waals surface area (Å²) in [4.78, 5) is 0. The maximum atomic E-state index is 4.23. The van der Waals surface area contributed by atoms with Gasteiger partial charge in [-0.25, -0.2) is 0 Å². The van der Waals surface area contributed by atoms with Crippen LogP contribution in [0.3, 0.4) is 0 Å². The third kappa shape index (κ3) is 2.32. The van der Waals surface area contributed by atoms with Gasteiger partial charge < -0.3 is 5.32 Å². The van der Waals surface area contributed by atoms with Crippen molar-refractivity contribution in [2.45, 2.75) is 19.9 Å². The quantitative estimate of drug-likeness (QED) is 0.798. The van der Waals surface area contributed by atoms with Crippen LogP contribution in [0.1, 0.15) is 12.0 Å². The molecule has 0 aliphatic rings. The molecule has 68 valence electrons. The molecular weight excluding hydrogens is 218 g/mol. The van der Waals surface area contributed by atoms with Crippen LogP contribution in [0.2, 0.25) is 0 Å². The van der Waals surface area contributed by atoms with Gasteiger partial charge in [0.05, 0.1) is 6.20 Å². The Morgan fingerprint density at radius 1 is 1.67 bits per heavy atom. The molecule has 1 N–H and O–H groups in total. The summed E-state index contributed by atoms with van der Waals surface area (Å²) in [5.41, 5.74) is 1.19. The first-order valence-corrected chi connectivity index (χ1v) is 4.87. The number of aryl methyl sites for hydroxylation is 2. The summed E-state index contributed by atoms with van der Waals surface area (Å²) in [6.45, 7) is 4.05. The van der Waals surface area contributed by atoms with E-state index in [9.17, 15) is 0 Å². The second-order valence-electron chi connectivity index (χ2n) is 2.80. The molecule has 1 aromatic heterocycles. The molecule has 0 unspecified atom stereocenters. The third-order valence-electron chi connectivity index (χ3n) is 1.74. The van der Waals surface area contributed by atoms with Crippen LogP contribution < -0.4 is 5.32 Å². The van der Waals surface area contributed by atoms with Crippen molar-refractivity contribution in [3.63, 3.8) is 0 Å². The Kier molecular flexibility index (Phi) is 3.75. The molecular formula is C8H14BrN3. The summed E-state index contributed by atoms with van der Waals surface area (Å²) in [6, 6.07) is 0. The highest BCUT2D eigenvalue weighted by atomic mass is 79.9. The molecule has 0 spiro atoms. The van der Waals surface area contributed by atoms with E-state index in [1.54, 1.807) is 0 Å². The standard InChI is InChI=1S/C8H14BrN3/c1-7-6-11-12(8(7)9)5-3-4-10-2/h6,10H,3-5H2,1-2H3. The first-order valence-electron chi connectivity index (χ1n) is 4.08. The van der Waals surface area contributed by atoms with Gasteiger partial charge in [0.1, 0.15) is 4.60 Å². The number of aromatic nitrogens is 2. The zero-order chi connectivity index (χ0) is 8.97. The molecule has 1 heterocycles. The van der Waals surface area contributed by atoms with E-state index in [1.165, 1.54) is 5.56 Å². The largest absolute Gasteiger partial charge is 0.320 e. The maximum Gasteiger partial charge on any atom is 0.106 e. The SMILES string of the molecule is CNCCCn1ncc(C)c1Br. The molecule has 12 heavy (non-hydrogen) atoms. The second-order valence-corrected chi connectivity index (χ2v) is 3.55. The Morgan fingerprint density at radius 3 is 2.92 bits per heavy atom. The van der Waals surface area contributed by atoms with Gasteiger partial charge in [-0.3, -0.25) is 4.68 Å². The van der Waals surface area contributed by atoms with Crippen LogP contribution in [0.4, 0.5) is 0 Å². The molecule has 0 saturated carbocycles. The second kappa shape index (κ2) is 4.62. The number of halogens is 1. The third-order valence-corrected chi connectivity index (χ3v) is 2.77. The molecule has 0 bridgehead atoms. The van der Waals surface area contributed by atoms with E-state index in [2.05, 4.69) is 26.3 Å². The van der Waals surface area contributed by atoms with E-state index in [1.807, 2.05) is 24.9 Å². The molecule has 0 aromatic carbocycles. The number of nitrogens with one attached hydrogen (secondary N) is 1. The fraction of sp³-hybridized carbons (Fsp3) is 0.625. The Bertz CT molecular complexity index is 244. The van der Waals surface area contributed by atoms with E-state index in [-0.39, 0.29) is 0 Å². The average Bonchev–Trinajstić information content (AvgIpc) is 2.36. The lowest BCUT2D eigenvalue weighted by molar-refractivity contribution is 0.553. The van der Waals surface area contributed by atoms with Gasteiger partial charge in [-0.2, -0.15) is 5.10 Å². The minimum atomic E-state index is 0.968. The highest BCUT2D eigenvalue weighted by Gasteiger charge is 2.01. The molecule has 0 fully saturated rings. The Labute approximate surface area is 81.3 Å². The summed E-state index contributed by atoms with van der Waals surface area (Å²) >= 11 is 3.48. The van der Waals surface area contributed by atoms with Crippen LogP contribution >= 0.6 is 15.9 Å². The first kappa shape index (κ1) is 9.74. The van der Waals surface area contributed by atoms with E-state index in [0.29, 0.717) is 0 Å². The molecule has 0 saturated heterocycles. The zero-order valence-corrected chi connectivity index (χ0v) is 9.06. The van der Waals surface area contributed by atoms with E-state index < -0.39 is 0 Å². The van der Waals surface area contributed by atoms with Crippen LogP contribution in [0.25, 0.3) is 0 Å². The molecule has 0 aliphatic carbocycles. The Hall–Kier alpha value is -0.350. The van der Waals surface area contributed by atoms with Crippen molar-refractivity contribution in [2.75, 3.05) is 13.6 Å². The summed E-state index contributed by atoms with van der Waals surface area (Å²) in [6.07, 6.45) is 2.99. The fourth-order valence-electron chi connectivity index (χ4n) is 1.03. The summed E-state index contributed by atoms with van der Waals surface area (Å²) in [5.74, 6) is 0. The van der Waals surface area contributed by atoms with Crippen molar-refractivity contribution in [1.29, 1.82) is 0 Å². The number of hydrogen-bond donors (Lipinski definition) is 1. The van der Waals surface area contributed by atoms with Gasteiger partial charge in [0.15, 0.2) is 0 Å². The molecule has 3 nitrogen and oxygen atoms in total. The van der Waals surface area contributed by atoms with Crippen LogP contribution in [0.5, 0.6) is 0 Å². The number of hydrogen-bond acceptors (Lipinski definition) is 2. The lowest BCUT2D eigenvalue weighted by Crippen LogP contribution is -2.11. The van der Waals surface area contributed by atoms with Gasteiger partial charge in [-0.05, 0) is 42.9 Å². The van der Waals surface area contributed by atoms with Crippen molar-refractivity contribution in [1.82, 2.24) is 15.1 Å². The van der Waals surface area contributed by atoms with Gasteiger partial charge in [0.2, 0.25) is 0 Å². The van der Waals surface area contributed by atoms with Gasteiger partial charge in [-0.15, -0.1) is 0 Å². The van der Waals surface area contributed by atoms with E-state index >= 15 is 0 Å². The van der Waals surface area contributed by atoms with E-state index in [0.717, 1.165) is 24.1 Å². The molecule has 0 aliphatic heterocycles. The van der Waals surface area contributed by atoms with Gasteiger partial charge in [0, 0.05) is 12.1 Å². The summed E-state index contributed by atoms with van der Waals surface area (Å²) in [7, 11) is 1.96. The maximum absolute atomic E-state index is 4.23. The van der Waals surface area contributed by atoms with E-state index in [4.69, 9.17) is 0 Å². The Morgan fingerprint density at radius 2 is 2.42 bits per heavy atom. The predicted molar refractivity (Wildman–Crippen MR) is 53.2 cm³/mol. The van der Waals surface area contributed by atoms with Crippen LogP contribution in [0.15, 0.2) is 10.8 Å². The first-order chi connectivity index (χ1) is 5.75. The molecule has 4 heteroatoms. The summed E-state index contributed by atoms with van der Waals surface area (Å²) in [5, 5.41) is 7.34. The normalized spacial score (nSPS) is 10.6. The minimum absolute atomic E-state index is 0.968. The molecule has 1 rings (SSSR count). The average molecular weight is 232 g/mol. The number of rotatable bonds is 4. The molecule has 0 radical (unpaired) electrons. The van der Waals surface area contributed by atoms with Gasteiger partial charge >= 0.3 is 0 Å². The lowest BCUT2D eigenvalue weighted by Gasteiger charge is -2.02. The number of nitrogens with zero attached hydrogens (tertiary/aromatic N) is 2.